The first-order valence-corrected chi connectivity index (χ1v) is 5.81. The molecule has 2 rings (SSSR count). The van der Waals surface area contributed by atoms with Crippen molar-refractivity contribution in [3.8, 4) is 0 Å². The molecular formula is C14H16O3. The predicted octanol–water partition coefficient (Wildman–Crippen LogP) is 3.95. The maximum absolute atomic E-state index is 11.0. The largest absolute Gasteiger partial charge is 0.475 e. The number of carbonyl (C=O) groups is 1. The standard InChI is InChI=1S/C14H16O3/c1-4-8(2)10-5-6-12-11(7-10)9(3)13(17-12)14(15)16/h5-8H,4H2,1-3H3,(H,15,16). The third-order valence-electron chi connectivity index (χ3n) is 3.34. The van der Waals surface area contributed by atoms with E-state index in [4.69, 9.17) is 9.52 Å². The molecule has 2 aromatic rings. The van der Waals surface area contributed by atoms with Gasteiger partial charge in [0.05, 0.1) is 0 Å². The zero-order chi connectivity index (χ0) is 12.6. The van der Waals surface area contributed by atoms with Crippen LogP contribution in [0.2, 0.25) is 0 Å². The van der Waals surface area contributed by atoms with Gasteiger partial charge in [0, 0.05) is 10.9 Å². The second kappa shape index (κ2) is 4.24. The van der Waals surface area contributed by atoms with Crippen molar-refractivity contribution in [2.75, 3.05) is 0 Å². The second-order valence-electron chi connectivity index (χ2n) is 4.43. The van der Waals surface area contributed by atoms with Gasteiger partial charge in [0.15, 0.2) is 0 Å². The Bertz CT molecular complexity index is 566. The number of hydrogen-bond donors (Lipinski definition) is 1. The Labute approximate surface area is 100 Å². The first kappa shape index (κ1) is 11.7. The van der Waals surface area contributed by atoms with Gasteiger partial charge in [0.25, 0.3) is 0 Å². The average Bonchev–Trinajstić information content (AvgIpc) is 2.65. The third-order valence-corrected chi connectivity index (χ3v) is 3.34. The van der Waals surface area contributed by atoms with Crippen molar-refractivity contribution < 1.29 is 14.3 Å². The van der Waals surface area contributed by atoms with Crippen molar-refractivity contribution in [2.24, 2.45) is 0 Å². The van der Waals surface area contributed by atoms with Gasteiger partial charge < -0.3 is 9.52 Å². The lowest BCUT2D eigenvalue weighted by molar-refractivity contribution is 0.0664. The summed E-state index contributed by atoms with van der Waals surface area (Å²) >= 11 is 0. The minimum atomic E-state index is -1.01. The molecule has 3 nitrogen and oxygen atoms in total. The van der Waals surface area contributed by atoms with E-state index in [-0.39, 0.29) is 5.76 Å². The summed E-state index contributed by atoms with van der Waals surface area (Å²) in [5.74, 6) is -0.493. The number of fused-ring (bicyclic) bond motifs is 1. The summed E-state index contributed by atoms with van der Waals surface area (Å²) in [5, 5.41) is 9.90. The number of benzene rings is 1. The number of hydrogen-bond acceptors (Lipinski definition) is 2. The monoisotopic (exact) mass is 232 g/mol. The molecule has 1 N–H and O–H groups in total. The van der Waals surface area contributed by atoms with Crippen LogP contribution < -0.4 is 0 Å². The Morgan fingerprint density at radius 1 is 1.47 bits per heavy atom. The highest BCUT2D eigenvalue weighted by atomic mass is 16.4. The smallest absolute Gasteiger partial charge is 0.372 e. The van der Waals surface area contributed by atoms with E-state index in [0.29, 0.717) is 17.1 Å². The van der Waals surface area contributed by atoms with Gasteiger partial charge in [0.1, 0.15) is 5.58 Å². The van der Waals surface area contributed by atoms with Crippen molar-refractivity contribution in [3.05, 3.63) is 35.1 Å². The van der Waals surface area contributed by atoms with E-state index in [1.54, 1.807) is 6.92 Å². The molecule has 0 fully saturated rings. The van der Waals surface area contributed by atoms with Crippen molar-refractivity contribution >= 4 is 16.9 Å². The molecule has 0 bridgehead atoms. The molecule has 0 saturated carbocycles. The summed E-state index contributed by atoms with van der Waals surface area (Å²) in [4.78, 5) is 11.0. The summed E-state index contributed by atoms with van der Waals surface area (Å²) in [6, 6.07) is 5.90. The van der Waals surface area contributed by atoms with Crippen LogP contribution in [0.15, 0.2) is 22.6 Å². The van der Waals surface area contributed by atoms with E-state index in [9.17, 15) is 4.79 Å². The highest BCUT2D eigenvalue weighted by Gasteiger charge is 2.17. The molecule has 17 heavy (non-hydrogen) atoms. The Morgan fingerprint density at radius 2 is 2.18 bits per heavy atom. The molecule has 1 aromatic heterocycles. The molecular weight excluding hydrogens is 216 g/mol. The van der Waals surface area contributed by atoms with Crippen LogP contribution in [0, 0.1) is 6.92 Å². The number of rotatable bonds is 3. The number of carboxylic acids is 1. The molecule has 1 unspecified atom stereocenters. The number of aryl methyl sites for hydroxylation is 1. The Morgan fingerprint density at radius 3 is 2.76 bits per heavy atom. The molecule has 0 aliphatic rings. The van der Waals surface area contributed by atoms with Gasteiger partial charge in [-0.15, -0.1) is 0 Å². The van der Waals surface area contributed by atoms with Crippen LogP contribution in [-0.2, 0) is 0 Å². The van der Waals surface area contributed by atoms with E-state index in [1.165, 1.54) is 5.56 Å². The predicted molar refractivity (Wildman–Crippen MR) is 66.6 cm³/mol. The first-order valence-electron chi connectivity index (χ1n) is 5.81. The summed E-state index contributed by atoms with van der Waals surface area (Å²) < 4.78 is 5.33. The second-order valence-corrected chi connectivity index (χ2v) is 4.43. The van der Waals surface area contributed by atoms with Crippen LogP contribution in [0.25, 0.3) is 11.0 Å². The maximum Gasteiger partial charge on any atom is 0.372 e. The van der Waals surface area contributed by atoms with Crippen LogP contribution in [0.5, 0.6) is 0 Å². The highest BCUT2D eigenvalue weighted by molar-refractivity contribution is 5.95. The molecule has 0 spiro atoms. The normalized spacial score (nSPS) is 12.9. The van der Waals surface area contributed by atoms with Crippen molar-refractivity contribution in [1.82, 2.24) is 0 Å². The van der Waals surface area contributed by atoms with Gasteiger partial charge in [-0.05, 0) is 37.0 Å². The molecule has 3 heteroatoms. The molecule has 1 heterocycles. The van der Waals surface area contributed by atoms with Crippen molar-refractivity contribution in [3.63, 3.8) is 0 Å². The number of aromatic carboxylic acids is 1. The van der Waals surface area contributed by atoms with Crippen LogP contribution >= 0.6 is 0 Å². The van der Waals surface area contributed by atoms with Gasteiger partial charge in [-0.25, -0.2) is 4.79 Å². The van der Waals surface area contributed by atoms with E-state index in [0.717, 1.165) is 11.8 Å². The lowest BCUT2D eigenvalue weighted by atomic mass is 9.97. The summed E-state index contributed by atoms with van der Waals surface area (Å²) in [6.45, 7) is 6.09. The highest BCUT2D eigenvalue weighted by Crippen LogP contribution is 2.29. The average molecular weight is 232 g/mol. The Balaban J connectivity index is 2.61. The number of furan rings is 1. The van der Waals surface area contributed by atoms with Gasteiger partial charge in [-0.2, -0.15) is 0 Å². The van der Waals surface area contributed by atoms with Gasteiger partial charge >= 0.3 is 5.97 Å². The van der Waals surface area contributed by atoms with Crippen LogP contribution in [0.1, 0.15) is 47.9 Å². The van der Waals surface area contributed by atoms with Crippen molar-refractivity contribution in [1.29, 1.82) is 0 Å². The van der Waals surface area contributed by atoms with E-state index in [2.05, 4.69) is 13.8 Å². The molecule has 1 aromatic carbocycles. The minimum absolute atomic E-state index is 0.0429. The maximum atomic E-state index is 11.0. The van der Waals surface area contributed by atoms with Crippen LogP contribution in [0.4, 0.5) is 0 Å². The zero-order valence-corrected chi connectivity index (χ0v) is 10.3. The summed E-state index contributed by atoms with van der Waals surface area (Å²) in [5.41, 5.74) is 2.57. The van der Waals surface area contributed by atoms with Crippen LogP contribution in [-0.4, -0.2) is 11.1 Å². The molecule has 0 saturated heterocycles. The molecule has 0 radical (unpaired) electrons. The zero-order valence-electron chi connectivity index (χ0n) is 10.3. The summed E-state index contributed by atoms with van der Waals surface area (Å²) in [7, 11) is 0. The fourth-order valence-electron chi connectivity index (χ4n) is 1.98. The quantitative estimate of drug-likeness (QED) is 0.871. The topological polar surface area (TPSA) is 50.4 Å². The minimum Gasteiger partial charge on any atom is -0.475 e. The lowest BCUT2D eigenvalue weighted by Gasteiger charge is -2.08. The van der Waals surface area contributed by atoms with Gasteiger partial charge in [0.2, 0.25) is 5.76 Å². The van der Waals surface area contributed by atoms with E-state index in [1.807, 2.05) is 18.2 Å². The van der Waals surface area contributed by atoms with Gasteiger partial charge in [-0.1, -0.05) is 19.9 Å². The van der Waals surface area contributed by atoms with Crippen molar-refractivity contribution in [2.45, 2.75) is 33.1 Å². The Hall–Kier alpha value is -1.77. The lowest BCUT2D eigenvalue weighted by Crippen LogP contribution is -1.95. The van der Waals surface area contributed by atoms with Gasteiger partial charge in [-0.3, -0.25) is 0 Å². The first-order chi connectivity index (χ1) is 8.04. The molecule has 90 valence electrons. The molecule has 1 atom stereocenters. The fourth-order valence-corrected chi connectivity index (χ4v) is 1.98. The fraction of sp³-hybridized carbons (Fsp3) is 0.357. The SMILES string of the molecule is CCC(C)c1ccc2oc(C(=O)O)c(C)c2c1. The van der Waals surface area contributed by atoms with E-state index >= 15 is 0 Å². The van der Waals surface area contributed by atoms with E-state index < -0.39 is 5.97 Å². The number of carboxylic acid groups (broad SMARTS) is 1. The van der Waals surface area contributed by atoms with Crippen LogP contribution in [0.3, 0.4) is 0 Å². The third kappa shape index (κ3) is 1.93. The summed E-state index contributed by atoms with van der Waals surface area (Å²) in [6.07, 6.45) is 1.06. The Kier molecular flexibility index (Phi) is 2.92. The molecule has 0 aliphatic heterocycles. The molecule has 0 aliphatic carbocycles. The molecule has 0 amide bonds.